The number of nitrogens with zero attached hydrogens (tertiary/aromatic N) is 2. The molecule has 0 atom stereocenters. The summed E-state index contributed by atoms with van der Waals surface area (Å²) in [6.45, 7) is 4.84. The van der Waals surface area contributed by atoms with E-state index in [4.69, 9.17) is 17.0 Å². The molecule has 0 spiro atoms. The van der Waals surface area contributed by atoms with Crippen molar-refractivity contribution >= 4 is 29.1 Å². The van der Waals surface area contributed by atoms with Gasteiger partial charge < -0.3 is 15.0 Å². The predicted molar refractivity (Wildman–Crippen MR) is 113 cm³/mol. The van der Waals surface area contributed by atoms with Gasteiger partial charge in [-0.3, -0.25) is 4.90 Å². The number of nitrogens with one attached hydrogen (secondary N) is 1. The number of hydrogen-bond donors (Lipinski definition) is 1. The first-order valence-electron chi connectivity index (χ1n) is 8.89. The van der Waals surface area contributed by atoms with Crippen molar-refractivity contribution in [1.82, 2.24) is 9.80 Å². The summed E-state index contributed by atoms with van der Waals surface area (Å²) in [5, 5.41) is 4.07. The number of anilines is 1. The van der Waals surface area contributed by atoms with E-state index in [1.165, 1.54) is 5.56 Å². The number of piperazine rings is 1. The Balaban J connectivity index is 1.46. The minimum Gasteiger partial charge on any atom is -0.495 e. The minimum absolute atomic E-state index is 0.758. The lowest BCUT2D eigenvalue weighted by Crippen LogP contribution is -2.49. The first-order chi connectivity index (χ1) is 12.8. The zero-order chi connectivity index (χ0) is 18.2. The third kappa shape index (κ3) is 5.07. The van der Waals surface area contributed by atoms with Crippen molar-refractivity contribution in [3.63, 3.8) is 0 Å². The SMILES string of the molecule is COc1ccccc1NC(=S)N1CCN(C/C=C\c2ccccc2)CC1. The molecule has 0 saturated carbocycles. The van der Waals surface area contributed by atoms with Crippen LogP contribution in [0.1, 0.15) is 5.56 Å². The van der Waals surface area contributed by atoms with E-state index in [0.717, 1.165) is 49.3 Å². The maximum Gasteiger partial charge on any atom is 0.173 e. The molecule has 2 aromatic carbocycles. The van der Waals surface area contributed by atoms with Crippen LogP contribution in [0.25, 0.3) is 6.08 Å². The van der Waals surface area contributed by atoms with Crippen molar-refractivity contribution in [2.45, 2.75) is 0 Å². The molecule has 1 heterocycles. The molecule has 0 aromatic heterocycles. The normalized spacial score (nSPS) is 15.2. The highest BCUT2D eigenvalue weighted by Gasteiger charge is 2.18. The summed E-state index contributed by atoms with van der Waals surface area (Å²) in [6.07, 6.45) is 4.41. The molecule has 1 saturated heterocycles. The number of methoxy groups -OCH3 is 1. The first-order valence-corrected chi connectivity index (χ1v) is 9.30. The van der Waals surface area contributed by atoms with Crippen molar-refractivity contribution in [2.75, 3.05) is 45.2 Å². The van der Waals surface area contributed by atoms with Crippen LogP contribution in [-0.4, -0.2) is 54.7 Å². The van der Waals surface area contributed by atoms with E-state index in [0.29, 0.717) is 0 Å². The Morgan fingerprint density at radius 2 is 1.73 bits per heavy atom. The van der Waals surface area contributed by atoms with Crippen LogP contribution in [0.3, 0.4) is 0 Å². The molecular weight excluding hydrogens is 342 g/mol. The highest BCUT2D eigenvalue weighted by Crippen LogP contribution is 2.23. The molecule has 0 bridgehead atoms. The molecule has 1 fully saturated rings. The Labute approximate surface area is 161 Å². The zero-order valence-electron chi connectivity index (χ0n) is 15.1. The van der Waals surface area contributed by atoms with E-state index in [1.54, 1.807) is 7.11 Å². The highest BCUT2D eigenvalue weighted by atomic mass is 32.1. The fraction of sp³-hybridized carbons (Fsp3) is 0.286. The zero-order valence-corrected chi connectivity index (χ0v) is 15.9. The van der Waals surface area contributed by atoms with Crippen molar-refractivity contribution in [3.8, 4) is 5.75 Å². The summed E-state index contributed by atoms with van der Waals surface area (Å²) in [6, 6.07) is 18.3. The van der Waals surface area contributed by atoms with Crippen LogP contribution in [0.4, 0.5) is 5.69 Å². The van der Waals surface area contributed by atoms with Crippen LogP contribution in [0.15, 0.2) is 60.7 Å². The number of thiocarbonyl (C=S) groups is 1. The first kappa shape index (κ1) is 18.4. The summed E-state index contributed by atoms with van der Waals surface area (Å²) in [5.41, 5.74) is 2.15. The molecule has 3 rings (SSSR count). The minimum atomic E-state index is 0.758. The second-order valence-corrected chi connectivity index (χ2v) is 6.62. The maximum atomic E-state index is 5.58. The Bertz CT molecular complexity index is 740. The Kier molecular flexibility index (Phi) is 6.63. The van der Waals surface area contributed by atoms with Crippen LogP contribution in [0.5, 0.6) is 5.75 Å². The quantitative estimate of drug-likeness (QED) is 0.813. The molecule has 2 aromatic rings. The van der Waals surface area contributed by atoms with Gasteiger partial charge >= 0.3 is 0 Å². The van der Waals surface area contributed by atoms with Crippen molar-refractivity contribution < 1.29 is 4.74 Å². The summed E-state index contributed by atoms with van der Waals surface area (Å²) in [7, 11) is 1.67. The predicted octanol–water partition coefficient (Wildman–Crippen LogP) is 3.72. The Morgan fingerprint density at radius 1 is 1.04 bits per heavy atom. The largest absolute Gasteiger partial charge is 0.495 e. The van der Waals surface area contributed by atoms with Gasteiger partial charge in [0.15, 0.2) is 5.11 Å². The molecule has 0 aliphatic carbocycles. The van der Waals surface area contributed by atoms with Gasteiger partial charge in [0.25, 0.3) is 0 Å². The molecule has 0 unspecified atom stereocenters. The third-order valence-corrected chi connectivity index (χ3v) is 4.84. The van der Waals surface area contributed by atoms with Gasteiger partial charge in [-0.1, -0.05) is 54.6 Å². The Hall–Kier alpha value is -2.37. The van der Waals surface area contributed by atoms with Crippen LogP contribution in [-0.2, 0) is 0 Å². The van der Waals surface area contributed by atoms with Crippen molar-refractivity contribution in [1.29, 1.82) is 0 Å². The van der Waals surface area contributed by atoms with Gasteiger partial charge in [-0.15, -0.1) is 0 Å². The van der Waals surface area contributed by atoms with Crippen LogP contribution >= 0.6 is 12.2 Å². The molecule has 1 aliphatic rings. The number of hydrogen-bond acceptors (Lipinski definition) is 3. The fourth-order valence-corrected chi connectivity index (χ4v) is 3.27. The Morgan fingerprint density at radius 3 is 2.46 bits per heavy atom. The van der Waals surface area contributed by atoms with Gasteiger partial charge in [-0.25, -0.2) is 0 Å². The second-order valence-electron chi connectivity index (χ2n) is 6.23. The van der Waals surface area contributed by atoms with Gasteiger partial charge in [0.1, 0.15) is 5.75 Å². The van der Waals surface area contributed by atoms with Crippen LogP contribution in [0.2, 0.25) is 0 Å². The molecule has 0 amide bonds. The molecule has 1 N–H and O–H groups in total. The average Bonchev–Trinajstić information content (AvgIpc) is 2.70. The number of para-hydroxylation sites is 2. The molecule has 136 valence electrons. The maximum absolute atomic E-state index is 5.58. The lowest BCUT2D eigenvalue weighted by atomic mass is 10.2. The molecule has 1 aliphatic heterocycles. The lowest BCUT2D eigenvalue weighted by Gasteiger charge is -2.35. The molecule has 0 radical (unpaired) electrons. The van der Waals surface area contributed by atoms with E-state index in [9.17, 15) is 0 Å². The van der Waals surface area contributed by atoms with E-state index in [1.807, 2.05) is 30.3 Å². The van der Waals surface area contributed by atoms with E-state index in [2.05, 4.69) is 51.5 Å². The molecular formula is C21H25N3OS. The summed E-state index contributed by atoms with van der Waals surface area (Å²) in [5.74, 6) is 0.805. The van der Waals surface area contributed by atoms with Crippen molar-refractivity contribution in [3.05, 3.63) is 66.2 Å². The van der Waals surface area contributed by atoms with Gasteiger partial charge in [0.2, 0.25) is 0 Å². The van der Waals surface area contributed by atoms with Gasteiger partial charge in [-0.05, 0) is 29.9 Å². The number of ether oxygens (including phenoxy) is 1. The summed E-state index contributed by atoms with van der Waals surface area (Å²) in [4.78, 5) is 4.67. The van der Waals surface area contributed by atoms with E-state index < -0.39 is 0 Å². The lowest BCUT2D eigenvalue weighted by molar-refractivity contribution is 0.199. The second kappa shape index (κ2) is 9.36. The highest BCUT2D eigenvalue weighted by molar-refractivity contribution is 7.80. The van der Waals surface area contributed by atoms with Gasteiger partial charge in [0, 0.05) is 32.7 Å². The van der Waals surface area contributed by atoms with Gasteiger partial charge in [0.05, 0.1) is 12.8 Å². The van der Waals surface area contributed by atoms with Crippen LogP contribution in [0, 0.1) is 0 Å². The van der Waals surface area contributed by atoms with Crippen molar-refractivity contribution in [2.24, 2.45) is 0 Å². The van der Waals surface area contributed by atoms with Crippen LogP contribution < -0.4 is 10.1 Å². The smallest absolute Gasteiger partial charge is 0.173 e. The molecule has 26 heavy (non-hydrogen) atoms. The number of rotatable bonds is 5. The summed E-state index contributed by atoms with van der Waals surface area (Å²) < 4.78 is 5.37. The number of benzene rings is 2. The topological polar surface area (TPSA) is 27.7 Å². The molecule has 4 nitrogen and oxygen atoms in total. The average molecular weight is 368 g/mol. The standard InChI is InChI=1S/C21H25N3OS/c1-25-20-12-6-5-11-19(20)22-21(26)24-16-14-23(15-17-24)13-7-10-18-8-3-2-4-9-18/h2-12H,13-17H2,1H3,(H,22,26)/b10-7-. The monoisotopic (exact) mass is 367 g/mol. The molecule has 5 heteroatoms. The van der Waals surface area contributed by atoms with E-state index in [-0.39, 0.29) is 0 Å². The third-order valence-electron chi connectivity index (χ3n) is 4.48. The fourth-order valence-electron chi connectivity index (χ4n) is 2.98. The van der Waals surface area contributed by atoms with E-state index >= 15 is 0 Å². The summed E-state index contributed by atoms with van der Waals surface area (Å²) >= 11 is 5.58. The van der Waals surface area contributed by atoms with Gasteiger partial charge in [-0.2, -0.15) is 0 Å².